The van der Waals surface area contributed by atoms with E-state index in [2.05, 4.69) is 0 Å². The van der Waals surface area contributed by atoms with Gasteiger partial charge in [0, 0.05) is 0 Å². The smallest absolute Gasteiger partial charge is 0.873 e. The molecule has 0 saturated heterocycles. The Kier molecular flexibility index (Phi) is 16.0. The molecule has 0 fully saturated rings. The molecule has 0 heterocycles. The Labute approximate surface area is 53.4 Å². The topological polar surface area (TPSA) is 46.8 Å². The van der Waals surface area contributed by atoms with Crippen LogP contribution in [0.2, 0.25) is 0 Å². The molecule has 0 aliphatic rings. The maximum Gasteiger partial charge on any atom is 1.00 e. The quantitative estimate of drug-likeness (QED) is 0.273. The molecular formula is CBNNaO. The first kappa shape index (κ1) is 9.10. The summed E-state index contributed by atoms with van der Waals surface area (Å²) in [7, 11) is 0.181. The number of hydrogen-bond acceptors (Lipinski definition) is 2. The predicted molar refractivity (Wildman–Crippen MR) is 11.4 cm³/mol. The van der Waals surface area contributed by atoms with Crippen molar-refractivity contribution in [3.05, 3.63) is 0 Å². The van der Waals surface area contributed by atoms with E-state index in [1.54, 1.807) is 0 Å². The van der Waals surface area contributed by atoms with Gasteiger partial charge in [0.15, 0.2) is 0 Å². The second kappa shape index (κ2) is 8.82. The molecule has 1 radical (unpaired) electrons. The first-order valence-corrected chi connectivity index (χ1v) is 0.748. The zero-order valence-corrected chi connectivity index (χ0v) is 4.93. The van der Waals surface area contributed by atoms with Crippen LogP contribution in [0.5, 0.6) is 0 Å². The molecule has 5 heavy (non-hydrogen) atoms. The average Bonchev–Trinajstić information content (AvgIpc) is 1.37. The van der Waals surface area contributed by atoms with Crippen molar-refractivity contribution in [2.75, 3.05) is 0 Å². The Morgan fingerprint density at radius 2 is 2.00 bits per heavy atom. The summed E-state index contributed by atoms with van der Waals surface area (Å²) < 4.78 is 0. The van der Waals surface area contributed by atoms with Crippen molar-refractivity contribution >= 4 is 7.48 Å². The molecule has 0 spiro atoms. The Hall–Kier alpha value is 0.515. The third-order valence-electron chi connectivity index (χ3n) is 0.0527. The molecule has 0 bridgehead atoms. The monoisotopic (exact) mass is 76.0 g/mol. The molecule has 0 saturated carbocycles. The summed E-state index contributed by atoms with van der Waals surface area (Å²) in [6, 6.07) is 0. The Morgan fingerprint density at radius 1 is 1.80 bits per heavy atom. The van der Waals surface area contributed by atoms with Crippen LogP contribution in [0.25, 0.3) is 0 Å². The third-order valence-corrected chi connectivity index (χ3v) is 0.0527. The molecule has 0 amide bonds. The van der Waals surface area contributed by atoms with Crippen molar-refractivity contribution in [1.29, 1.82) is 5.26 Å². The van der Waals surface area contributed by atoms with E-state index in [0.717, 1.165) is 0 Å². The molecular weight excluding hydrogens is 75.8 g/mol. The molecule has 0 N–H and O–H groups in total. The van der Waals surface area contributed by atoms with Gasteiger partial charge in [-0.05, 0) is 5.97 Å². The van der Waals surface area contributed by atoms with Crippen LogP contribution in [0, 0.1) is 11.2 Å². The van der Waals surface area contributed by atoms with Crippen LogP contribution in [0.4, 0.5) is 0 Å². The van der Waals surface area contributed by atoms with Crippen LogP contribution in [0.3, 0.4) is 0 Å². The van der Waals surface area contributed by atoms with Gasteiger partial charge in [-0.25, -0.2) is 5.26 Å². The van der Waals surface area contributed by atoms with Crippen LogP contribution < -0.4 is 34.6 Å². The molecule has 4 heteroatoms. The molecule has 0 atom stereocenters. The van der Waals surface area contributed by atoms with Gasteiger partial charge in [0.1, 0.15) is 7.48 Å². The predicted octanol–water partition coefficient (Wildman–Crippen LogP) is -4.55. The van der Waals surface area contributed by atoms with Crippen LogP contribution in [0.15, 0.2) is 0 Å². The van der Waals surface area contributed by atoms with Gasteiger partial charge in [0.25, 0.3) is 0 Å². The second-order valence-electron chi connectivity index (χ2n) is 0.247. The fourth-order valence-corrected chi connectivity index (χ4v) is 0. The normalized spacial score (nSPS) is 3.20. The van der Waals surface area contributed by atoms with E-state index in [1.807, 2.05) is 0 Å². The van der Waals surface area contributed by atoms with Crippen molar-refractivity contribution in [3.63, 3.8) is 0 Å². The van der Waals surface area contributed by atoms with E-state index in [4.69, 9.17) is 10.3 Å². The summed E-state index contributed by atoms with van der Waals surface area (Å²) in [4.78, 5) is 0. The Balaban J connectivity index is 0. The number of nitriles is 1. The SMILES string of the molecule is N#C[B][O-].[Na+]. The molecule has 19 valence electrons. The van der Waals surface area contributed by atoms with Gasteiger partial charge in [0.2, 0.25) is 0 Å². The number of nitrogens with zero attached hydrogens (tertiary/aromatic N) is 1. The van der Waals surface area contributed by atoms with Crippen LogP contribution in [-0.2, 0) is 0 Å². The molecule has 0 unspecified atom stereocenters. The molecule has 0 aromatic heterocycles. The van der Waals surface area contributed by atoms with Gasteiger partial charge in [-0.2, -0.15) is 0 Å². The summed E-state index contributed by atoms with van der Waals surface area (Å²) in [5.74, 6) is 1.25. The minimum atomic E-state index is 0. The van der Waals surface area contributed by atoms with Crippen molar-refractivity contribution in [2.24, 2.45) is 0 Å². The number of hydrogen-bond donors (Lipinski definition) is 0. The van der Waals surface area contributed by atoms with Gasteiger partial charge in [-0.15, -0.1) is 0 Å². The minimum Gasteiger partial charge on any atom is -0.873 e. The first-order chi connectivity index (χ1) is 1.91. The summed E-state index contributed by atoms with van der Waals surface area (Å²) in [5.41, 5.74) is 0. The Bertz CT molecular complexity index is 41.4. The summed E-state index contributed by atoms with van der Waals surface area (Å²) >= 11 is 0. The molecule has 2 nitrogen and oxygen atoms in total. The summed E-state index contributed by atoms with van der Waals surface area (Å²) in [5, 5.41) is 16.1. The van der Waals surface area contributed by atoms with Gasteiger partial charge >= 0.3 is 29.6 Å². The largest absolute Gasteiger partial charge is 1.00 e. The zero-order valence-electron chi connectivity index (χ0n) is 2.93. The van der Waals surface area contributed by atoms with Gasteiger partial charge < -0.3 is 5.02 Å². The van der Waals surface area contributed by atoms with Crippen molar-refractivity contribution < 1.29 is 34.6 Å². The summed E-state index contributed by atoms with van der Waals surface area (Å²) in [6.45, 7) is 0. The molecule has 0 aromatic carbocycles. The molecule has 0 aromatic rings. The van der Waals surface area contributed by atoms with E-state index in [-0.39, 0.29) is 37.0 Å². The summed E-state index contributed by atoms with van der Waals surface area (Å²) in [6.07, 6.45) is 0. The Morgan fingerprint density at radius 3 is 2.00 bits per heavy atom. The van der Waals surface area contributed by atoms with Crippen molar-refractivity contribution in [1.82, 2.24) is 0 Å². The van der Waals surface area contributed by atoms with Gasteiger partial charge in [-0.1, -0.05) is 0 Å². The second-order valence-corrected chi connectivity index (χ2v) is 0.247. The third kappa shape index (κ3) is 12.4. The van der Waals surface area contributed by atoms with Crippen molar-refractivity contribution in [3.8, 4) is 5.97 Å². The van der Waals surface area contributed by atoms with Gasteiger partial charge in [-0.3, -0.25) is 0 Å². The van der Waals surface area contributed by atoms with E-state index in [9.17, 15) is 0 Å². The van der Waals surface area contributed by atoms with Crippen LogP contribution >= 0.6 is 0 Å². The minimum absolute atomic E-state index is 0. The molecule has 0 aliphatic heterocycles. The van der Waals surface area contributed by atoms with E-state index < -0.39 is 0 Å². The van der Waals surface area contributed by atoms with E-state index in [0.29, 0.717) is 0 Å². The zero-order chi connectivity index (χ0) is 3.41. The van der Waals surface area contributed by atoms with Crippen molar-refractivity contribution in [2.45, 2.75) is 0 Å². The first-order valence-electron chi connectivity index (χ1n) is 0.748. The van der Waals surface area contributed by atoms with E-state index >= 15 is 0 Å². The van der Waals surface area contributed by atoms with Crippen LogP contribution in [-0.4, -0.2) is 7.48 Å². The standard InChI is InChI=1S/CBNO.Na/c3-1-2-4;/q-1;+1. The molecule has 0 rings (SSSR count). The fourth-order valence-electron chi connectivity index (χ4n) is 0. The fraction of sp³-hybridized carbons (Fsp3) is 0. The van der Waals surface area contributed by atoms with Crippen LogP contribution in [0.1, 0.15) is 0 Å². The van der Waals surface area contributed by atoms with Gasteiger partial charge in [0.05, 0.1) is 0 Å². The number of rotatable bonds is 0. The average molecular weight is 75.8 g/mol. The maximum atomic E-state index is 8.81. The van der Waals surface area contributed by atoms with E-state index in [1.165, 1.54) is 5.97 Å². The molecule has 0 aliphatic carbocycles. The maximum absolute atomic E-state index is 8.81.